The zero-order chi connectivity index (χ0) is 14.8. The minimum Gasteiger partial charge on any atom is -0.368 e. The molecular formula is C12H16F4N2OS. The van der Waals surface area contributed by atoms with Crippen LogP contribution < -0.4 is 5.32 Å². The molecule has 20 heavy (non-hydrogen) atoms. The Morgan fingerprint density at radius 3 is 2.90 bits per heavy atom. The van der Waals surface area contributed by atoms with E-state index >= 15 is 0 Å². The lowest BCUT2D eigenvalue weighted by Gasteiger charge is -2.20. The maximum atomic E-state index is 12.7. The Kier molecular flexibility index (Phi) is 4.98. The third kappa shape index (κ3) is 3.48. The van der Waals surface area contributed by atoms with Crippen molar-refractivity contribution in [2.45, 2.75) is 44.3 Å². The van der Waals surface area contributed by atoms with Gasteiger partial charge in [0.05, 0.1) is 12.3 Å². The lowest BCUT2D eigenvalue weighted by atomic mass is 9.98. The lowest BCUT2D eigenvalue weighted by molar-refractivity contribution is -0.168. The molecule has 0 bridgehead atoms. The first-order valence-corrected chi connectivity index (χ1v) is 7.15. The van der Waals surface area contributed by atoms with Crippen molar-refractivity contribution >= 4 is 11.3 Å². The van der Waals surface area contributed by atoms with Gasteiger partial charge in [0, 0.05) is 10.9 Å². The highest BCUT2D eigenvalue weighted by atomic mass is 32.1. The molecule has 1 N–H and O–H groups in total. The van der Waals surface area contributed by atoms with Crippen LogP contribution >= 0.6 is 11.3 Å². The van der Waals surface area contributed by atoms with Crippen molar-refractivity contribution in [3.8, 4) is 0 Å². The number of alkyl halides is 4. The number of thiazole rings is 1. The molecule has 8 heteroatoms. The molecule has 1 aromatic heterocycles. The Morgan fingerprint density at radius 1 is 1.50 bits per heavy atom. The monoisotopic (exact) mass is 312 g/mol. The van der Waals surface area contributed by atoms with Gasteiger partial charge >= 0.3 is 12.3 Å². The molecule has 1 aliphatic rings. The summed E-state index contributed by atoms with van der Waals surface area (Å²) in [5.41, 5.74) is 0.958. The summed E-state index contributed by atoms with van der Waals surface area (Å²) in [6, 6.07) is 0.229. The molecule has 1 unspecified atom stereocenters. The number of ether oxygens (including phenoxy) is 1. The van der Waals surface area contributed by atoms with Gasteiger partial charge in [0.15, 0.2) is 0 Å². The molecule has 0 spiro atoms. The van der Waals surface area contributed by atoms with E-state index in [4.69, 9.17) is 0 Å². The van der Waals surface area contributed by atoms with Crippen molar-refractivity contribution in [2.24, 2.45) is 0 Å². The average molecular weight is 312 g/mol. The van der Waals surface area contributed by atoms with Gasteiger partial charge in [-0.05, 0) is 26.3 Å². The second kappa shape index (κ2) is 6.36. The van der Waals surface area contributed by atoms with Crippen LogP contribution in [0.5, 0.6) is 0 Å². The van der Waals surface area contributed by atoms with Gasteiger partial charge in [-0.3, -0.25) is 0 Å². The Hall–Kier alpha value is -0.730. The van der Waals surface area contributed by atoms with E-state index in [1.165, 1.54) is 11.3 Å². The summed E-state index contributed by atoms with van der Waals surface area (Å²) in [7, 11) is 1.86. The second-order valence-electron chi connectivity index (χ2n) is 4.71. The maximum Gasteiger partial charge on any atom is 0.330 e. The summed E-state index contributed by atoms with van der Waals surface area (Å²) in [6.07, 6.45) is -0.820. The molecule has 1 atom stereocenters. The van der Waals surface area contributed by atoms with Gasteiger partial charge in [-0.1, -0.05) is 0 Å². The first-order chi connectivity index (χ1) is 9.44. The number of nitrogens with zero attached hydrogens (tertiary/aromatic N) is 1. The van der Waals surface area contributed by atoms with Crippen LogP contribution in [0.3, 0.4) is 0 Å². The number of aryl methyl sites for hydroxylation is 1. The van der Waals surface area contributed by atoms with Crippen molar-refractivity contribution < 1.29 is 22.3 Å². The summed E-state index contributed by atoms with van der Waals surface area (Å²) >= 11 is 1.40. The smallest absolute Gasteiger partial charge is 0.330 e. The predicted molar refractivity (Wildman–Crippen MR) is 67.5 cm³/mol. The number of nitrogens with one attached hydrogen (secondary N) is 1. The molecule has 0 fully saturated rings. The molecule has 0 aliphatic heterocycles. The molecule has 3 nitrogen and oxygen atoms in total. The summed E-state index contributed by atoms with van der Waals surface area (Å²) in [6.45, 7) is -1.44. The maximum absolute atomic E-state index is 12.7. The number of hydrogen-bond donors (Lipinski definition) is 1. The van der Waals surface area contributed by atoms with Crippen LogP contribution in [-0.2, 0) is 17.8 Å². The van der Waals surface area contributed by atoms with Gasteiger partial charge < -0.3 is 10.1 Å². The highest BCUT2D eigenvalue weighted by Gasteiger charge is 2.41. The molecular weight excluding hydrogens is 296 g/mol. The Morgan fingerprint density at radius 2 is 2.25 bits per heavy atom. The number of hydrogen-bond acceptors (Lipinski definition) is 4. The van der Waals surface area contributed by atoms with Crippen LogP contribution in [0.15, 0.2) is 0 Å². The SMILES string of the molecule is CNC1CCCc2nc(COCC(F)(F)C(F)F)sc21. The van der Waals surface area contributed by atoms with E-state index in [1.807, 2.05) is 7.05 Å². The van der Waals surface area contributed by atoms with Crippen LogP contribution in [0.1, 0.15) is 34.5 Å². The Labute approximate surface area is 118 Å². The zero-order valence-corrected chi connectivity index (χ0v) is 11.8. The second-order valence-corrected chi connectivity index (χ2v) is 5.82. The summed E-state index contributed by atoms with van der Waals surface area (Å²) in [4.78, 5) is 5.43. The normalized spacial score (nSPS) is 19.4. The van der Waals surface area contributed by atoms with Crippen LogP contribution in [0.2, 0.25) is 0 Å². The van der Waals surface area contributed by atoms with E-state index in [9.17, 15) is 17.6 Å². The van der Waals surface area contributed by atoms with Gasteiger partial charge in [0.25, 0.3) is 0 Å². The number of halogens is 4. The van der Waals surface area contributed by atoms with Crippen molar-refractivity contribution in [1.82, 2.24) is 10.3 Å². The van der Waals surface area contributed by atoms with Gasteiger partial charge in [0.2, 0.25) is 0 Å². The summed E-state index contributed by atoms with van der Waals surface area (Å²) < 4.78 is 54.0. The molecule has 1 aliphatic carbocycles. The van der Waals surface area contributed by atoms with Crippen LogP contribution in [0.4, 0.5) is 17.6 Å². The van der Waals surface area contributed by atoms with Gasteiger partial charge in [-0.25, -0.2) is 13.8 Å². The Bertz CT molecular complexity index is 453. The number of aromatic nitrogens is 1. The number of fused-ring (bicyclic) bond motifs is 1. The van der Waals surface area contributed by atoms with E-state index in [-0.39, 0.29) is 12.6 Å². The predicted octanol–water partition coefficient (Wildman–Crippen LogP) is 3.16. The highest BCUT2D eigenvalue weighted by Crippen LogP contribution is 2.34. The summed E-state index contributed by atoms with van der Waals surface area (Å²) in [5.74, 6) is -4.11. The van der Waals surface area contributed by atoms with Crippen LogP contribution in [-0.4, -0.2) is 31.0 Å². The topological polar surface area (TPSA) is 34.2 Å². The van der Waals surface area contributed by atoms with E-state index in [1.54, 1.807) is 0 Å². The lowest BCUT2D eigenvalue weighted by Crippen LogP contribution is -2.32. The van der Waals surface area contributed by atoms with Gasteiger partial charge in [-0.2, -0.15) is 8.78 Å². The molecule has 0 amide bonds. The molecule has 1 aromatic rings. The quantitative estimate of drug-likeness (QED) is 0.819. The molecule has 0 saturated carbocycles. The van der Waals surface area contributed by atoms with E-state index < -0.39 is 19.0 Å². The van der Waals surface area contributed by atoms with E-state index in [0.717, 1.165) is 29.8 Å². The molecule has 0 radical (unpaired) electrons. The minimum absolute atomic E-state index is 0.156. The standard InChI is InChI=1S/C12H16F4N2OS/c1-17-7-3-2-4-8-10(7)20-9(18-8)5-19-6-12(15,16)11(13)14/h7,11,17H,2-6H2,1H3. The summed E-state index contributed by atoms with van der Waals surface area (Å²) in [5, 5.41) is 3.74. The first-order valence-electron chi connectivity index (χ1n) is 6.33. The van der Waals surface area contributed by atoms with E-state index in [2.05, 4.69) is 15.0 Å². The fourth-order valence-electron chi connectivity index (χ4n) is 2.14. The molecule has 0 saturated heterocycles. The number of rotatable bonds is 6. The molecule has 114 valence electrons. The molecule has 1 heterocycles. The third-order valence-electron chi connectivity index (χ3n) is 3.18. The highest BCUT2D eigenvalue weighted by molar-refractivity contribution is 7.11. The largest absolute Gasteiger partial charge is 0.368 e. The van der Waals surface area contributed by atoms with Crippen molar-refractivity contribution in [3.63, 3.8) is 0 Å². The fraction of sp³-hybridized carbons (Fsp3) is 0.750. The Balaban J connectivity index is 1.93. The average Bonchev–Trinajstić information content (AvgIpc) is 2.80. The fourth-order valence-corrected chi connectivity index (χ4v) is 3.34. The van der Waals surface area contributed by atoms with Crippen molar-refractivity contribution in [2.75, 3.05) is 13.7 Å². The van der Waals surface area contributed by atoms with Crippen LogP contribution in [0.25, 0.3) is 0 Å². The minimum atomic E-state index is -4.11. The van der Waals surface area contributed by atoms with Crippen LogP contribution in [0, 0.1) is 0 Å². The van der Waals surface area contributed by atoms with Gasteiger partial charge in [0.1, 0.15) is 11.6 Å². The van der Waals surface area contributed by atoms with Gasteiger partial charge in [-0.15, -0.1) is 11.3 Å². The first kappa shape index (κ1) is 15.7. The molecule has 2 rings (SSSR count). The molecule has 0 aromatic carbocycles. The zero-order valence-electron chi connectivity index (χ0n) is 11.0. The third-order valence-corrected chi connectivity index (χ3v) is 4.37. The van der Waals surface area contributed by atoms with Crippen molar-refractivity contribution in [1.29, 1.82) is 0 Å². The van der Waals surface area contributed by atoms with Crippen molar-refractivity contribution in [3.05, 3.63) is 15.6 Å². The van der Waals surface area contributed by atoms with E-state index in [0.29, 0.717) is 5.01 Å².